The summed E-state index contributed by atoms with van der Waals surface area (Å²) >= 11 is 0. The highest BCUT2D eigenvalue weighted by molar-refractivity contribution is 6.13. The summed E-state index contributed by atoms with van der Waals surface area (Å²) < 4.78 is 34.2. The summed E-state index contributed by atoms with van der Waals surface area (Å²) in [6.07, 6.45) is 6.35. The van der Waals surface area contributed by atoms with Crippen LogP contribution in [0.25, 0.3) is 5.70 Å². The molecule has 1 aromatic rings. The lowest BCUT2D eigenvalue weighted by Crippen LogP contribution is -2.59. The molecular formula is C23H29F2N3O3. The van der Waals surface area contributed by atoms with Gasteiger partial charge in [-0.1, -0.05) is 19.1 Å². The molecule has 0 aromatic heterocycles. The van der Waals surface area contributed by atoms with E-state index < -0.39 is 17.2 Å². The molecule has 0 bridgehead atoms. The monoisotopic (exact) mass is 433 g/mol. The highest BCUT2D eigenvalue weighted by atomic mass is 19.1. The maximum atomic E-state index is 14.6. The van der Waals surface area contributed by atoms with Gasteiger partial charge in [-0.3, -0.25) is 14.7 Å². The van der Waals surface area contributed by atoms with Crippen molar-refractivity contribution in [3.63, 3.8) is 0 Å². The zero-order valence-corrected chi connectivity index (χ0v) is 18.6. The van der Waals surface area contributed by atoms with E-state index in [0.29, 0.717) is 31.6 Å². The van der Waals surface area contributed by atoms with Crippen LogP contribution in [-0.2, 0) is 4.79 Å². The quantitative estimate of drug-likeness (QED) is 0.638. The Hall–Kier alpha value is -2.71. The number of hydrazine groups is 1. The third kappa shape index (κ3) is 4.50. The minimum Gasteiger partial charge on any atom is -0.497 e. The molecular weight excluding hydrogens is 404 g/mol. The Balaban J connectivity index is 1.78. The van der Waals surface area contributed by atoms with Gasteiger partial charge in [0.15, 0.2) is 0 Å². The molecule has 2 aliphatic rings. The largest absolute Gasteiger partial charge is 0.497 e. The van der Waals surface area contributed by atoms with Gasteiger partial charge in [-0.2, -0.15) is 0 Å². The van der Waals surface area contributed by atoms with Gasteiger partial charge in [-0.05, 0) is 26.3 Å². The SMILES string of the molecule is CC/C(=C\C=C/CN1CC(C)(O)C1)N(C)N1C(=O)C(C)=C1c1c(F)cc(OC)cc1F. The fourth-order valence-electron chi connectivity index (χ4n) is 3.96. The van der Waals surface area contributed by atoms with Gasteiger partial charge in [0.25, 0.3) is 5.91 Å². The van der Waals surface area contributed by atoms with Crippen molar-refractivity contribution in [2.24, 2.45) is 0 Å². The number of nitrogens with zero attached hydrogens (tertiary/aromatic N) is 3. The van der Waals surface area contributed by atoms with E-state index in [-0.39, 0.29) is 22.9 Å². The average molecular weight is 433 g/mol. The van der Waals surface area contributed by atoms with Crippen LogP contribution in [0.2, 0.25) is 0 Å². The molecule has 1 fully saturated rings. The molecule has 1 saturated heterocycles. The van der Waals surface area contributed by atoms with Crippen LogP contribution < -0.4 is 4.74 Å². The van der Waals surface area contributed by atoms with E-state index >= 15 is 0 Å². The molecule has 3 rings (SSSR count). The Kier molecular flexibility index (Phi) is 6.52. The number of hydrogen-bond acceptors (Lipinski definition) is 5. The lowest BCUT2D eigenvalue weighted by Gasteiger charge is -2.43. The van der Waals surface area contributed by atoms with Crippen molar-refractivity contribution in [2.75, 3.05) is 33.8 Å². The van der Waals surface area contributed by atoms with Crippen LogP contribution in [0.4, 0.5) is 8.78 Å². The number of rotatable bonds is 8. The summed E-state index contributed by atoms with van der Waals surface area (Å²) in [4.78, 5) is 14.7. The summed E-state index contributed by atoms with van der Waals surface area (Å²) in [6.45, 7) is 7.29. The number of β-amino-alcohol motifs (C(OH)–C–C–N with tert-alkyl or cyclic N) is 1. The van der Waals surface area contributed by atoms with Crippen molar-refractivity contribution in [1.82, 2.24) is 14.9 Å². The van der Waals surface area contributed by atoms with Crippen LogP contribution in [0.1, 0.15) is 32.8 Å². The lowest BCUT2D eigenvalue weighted by atomic mass is 9.97. The van der Waals surface area contributed by atoms with Crippen molar-refractivity contribution in [3.8, 4) is 5.75 Å². The highest BCUT2D eigenvalue weighted by Crippen LogP contribution is 2.39. The summed E-state index contributed by atoms with van der Waals surface area (Å²) in [6, 6.07) is 2.21. The van der Waals surface area contributed by atoms with E-state index in [9.17, 15) is 18.7 Å². The van der Waals surface area contributed by atoms with Gasteiger partial charge >= 0.3 is 0 Å². The molecule has 2 heterocycles. The molecule has 1 amide bonds. The fraction of sp³-hybridized carbons (Fsp3) is 0.435. The first-order valence-corrected chi connectivity index (χ1v) is 10.2. The van der Waals surface area contributed by atoms with E-state index in [1.54, 1.807) is 19.0 Å². The van der Waals surface area contributed by atoms with Gasteiger partial charge < -0.3 is 9.84 Å². The number of allylic oxidation sites excluding steroid dienone is 3. The van der Waals surface area contributed by atoms with Gasteiger partial charge in [0.1, 0.15) is 17.4 Å². The topological polar surface area (TPSA) is 56.2 Å². The Morgan fingerprint density at radius 1 is 1.32 bits per heavy atom. The van der Waals surface area contributed by atoms with E-state index in [0.717, 1.165) is 17.8 Å². The predicted molar refractivity (Wildman–Crippen MR) is 115 cm³/mol. The summed E-state index contributed by atoms with van der Waals surface area (Å²) in [5.41, 5.74) is 0.449. The first kappa shape index (κ1) is 23.0. The first-order valence-electron chi connectivity index (χ1n) is 10.2. The molecule has 168 valence electrons. The van der Waals surface area contributed by atoms with Crippen molar-refractivity contribution >= 4 is 11.6 Å². The number of amides is 1. The second kappa shape index (κ2) is 8.80. The van der Waals surface area contributed by atoms with Crippen LogP contribution in [0, 0.1) is 11.6 Å². The maximum Gasteiger partial charge on any atom is 0.274 e. The summed E-state index contributed by atoms with van der Waals surface area (Å²) in [7, 11) is 3.03. The Morgan fingerprint density at radius 3 is 2.45 bits per heavy atom. The predicted octanol–water partition coefficient (Wildman–Crippen LogP) is 3.31. The van der Waals surface area contributed by atoms with Gasteiger partial charge in [0.2, 0.25) is 0 Å². The number of carbonyl (C=O) groups excluding carboxylic acids is 1. The number of aliphatic hydroxyl groups is 1. The van der Waals surface area contributed by atoms with Crippen LogP contribution >= 0.6 is 0 Å². The molecule has 6 nitrogen and oxygen atoms in total. The first-order chi connectivity index (χ1) is 14.6. The molecule has 0 saturated carbocycles. The molecule has 0 unspecified atom stereocenters. The van der Waals surface area contributed by atoms with Crippen LogP contribution in [0.3, 0.4) is 0 Å². The second-order valence-corrected chi connectivity index (χ2v) is 8.19. The summed E-state index contributed by atoms with van der Waals surface area (Å²) in [5, 5.41) is 12.7. The number of benzene rings is 1. The molecule has 0 radical (unpaired) electrons. The van der Waals surface area contributed by atoms with E-state index in [4.69, 9.17) is 4.74 Å². The molecule has 1 N–H and O–H groups in total. The van der Waals surface area contributed by atoms with Gasteiger partial charge in [0, 0.05) is 50.1 Å². The Bertz CT molecular complexity index is 938. The van der Waals surface area contributed by atoms with E-state index in [1.807, 2.05) is 32.1 Å². The molecule has 1 aromatic carbocycles. The highest BCUT2D eigenvalue weighted by Gasteiger charge is 2.40. The number of halogens is 2. The normalized spacial score (nSPS) is 19.0. The standard InChI is InChI=1S/C23H29F2N3O3/c1-6-16(9-7-8-10-27-13-23(3,30)14-27)26(4)28-21(15(2)22(28)29)20-18(24)11-17(31-5)12-19(20)25/h7-9,11-12,30H,6,10,13-14H2,1-5H3/b8-7-,16-9+. The smallest absolute Gasteiger partial charge is 0.274 e. The number of methoxy groups -OCH3 is 1. The number of carbonyl (C=O) groups is 1. The minimum atomic E-state index is -0.788. The second-order valence-electron chi connectivity index (χ2n) is 8.19. The minimum absolute atomic E-state index is 0.0746. The number of likely N-dealkylation sites (tertiary alicyclic amines) is 1. The fourth-order valence-corrected chi connectivity index (χ4v) is 3.96. The number of ether oxygens (including phenoxy) is 1. The van der Waals surface area contributed by atoms with E-state index in [2.05, 4.69) is 4.90 Å². The van der Waals surface area contributed by atoms with Gasteiger partial charge in [-0.25, -0.2) is 13.8 Å². The Morgan fingerprint density at radius 2 is 1.94 bits per heavy atom. The van der Waals surface area contributed by atoms with Gasteiger partial charge in [0.05, 0.1) is 24.0 Å². The molecule has 2 aliphatic heterocycles. The summed E-state index contributed by atoms with van der Waals surface area (Å²) in [5.74, 6) is -1.81. The lowest BCUT2D eigenvalue weighted by molar-refractivity contribution is -0.136. The van der Waals surface area contributed by atoms with E-state index in [1.165, 1.54) is 12.1 Å². The molecule has 0 aliphatic carbocycles. The Labute approximate surface area is 181 Å². The molecule has 8 heteroatoms. The van der Waals surface area contributed by atoms with Crippen LogP contribution in [0.5, 0.6) is 5.75 Å². The third-order valence-electron chi connectivity index (χ3n) is 5.56. The third-order valence-corrected chi connectivity index (χ3v) is 5.56. The zero-order valence-electron chi connectivity index (χ0n) is 18.6. The van der Waals surface area contributed by atoms with Crippen LogP contribution in [-0.4, -0.2) is 65.3 Å². The zero-order chi connectivity index (χ0) is 22.9. The van der Waals surface area contributed by atoms with Crippen molar-refractivity contribution in [1.29, 1.82) is 0 Å². The average Bonchev–Trinajstić information content (AvgIpc) is 2.70. The van der Waals surface area contributed by atoms with Crippen molar-refractivity contribution in [3.05, 3.63) is 58.8 Å². The molecule has 31 heavy (non-hydrogen) atoms. The molecule has 0 spiro atoms. The number of hydrogen-bond donors (Lipinski definition) is 1. The molecule has 0 atom stereocenters. The van der Waals surface area contributed by atoms with Gasteiger partial charge in [-0.15, -0.1) is 0 Å². The van der Waals surface area contributed by atoms with Crippen LogP contribution in [0.15, 0.2) is 41.6 Å². The van der Waals surface area contributed by atoms with Crippen molar-refractivity contribution in [2.45, 2.75) is 32.8 Å². The van der Waals surface area contributed by atoms with Crippen molar-refractivity contribution < 1.29 is 23.4 Å². The maximum absolute atomic E-state index is 14.6.